The van der Waals surface area contributed by atoms with Crippen LogP contribution in [-0.4, -0.2) is 33.8 Å². The van der Waals surface area contributed by atoms with Gasteiger partial charge in [-0.25, -0.2) is 4.79 Å². The number of hydrogen-bond acceptors (Lipinski definition) is 3. The highest BCUT2D eigenvalue weighted by molar-refractivity contribution is 9.10. The summed E-state index contributed by atoms with van der Waals surface area (Å²) in [4.78, 5) is 41.5. The van der Waals surface area contributed by atoms with Crippen LogP contribution in [0.25, 0.3) is 0 Å². The molecule has 1 saturated heterocycles. The monoisotopic (exact) mass is 579 g/mol. The zero-order valence-corrected chi connectivity index (χ0v) is 21.0. The van der Waals surface area contributed by atoms with Gasteiger partial charge in [-0.05, 0) is 27.8 Å². The lowest BCUT2D eigenvalue weighted by molar-refractivity contribution is -0.155. The molecule has 1 N–H and O–H groups in total. The molecule has 34 heavy (non-hydrogen) atoms. The van der Waals surface area contributed by atoms with Gasteiger partial charge < -0.3 is 5.11 Å². The number of carbonyl (C=O) groups excluding carboxylic acids is 2. The number of benzene rings is 3. The molecule has 7 heteroatoms. The molecular weight excluding hydrogens is 562 g/mol. The first-order valence-electron chi connectivity index (χ1n) is 11.0. The fourth-order valence-corrected chi connectivity index (χ4v) is 8.43. The highest BCUT2D eigenvalue weighted by Gasteiger charge is 2.73. The Bertz CT molecular complexity index is 1250. The summed E-state index contributed by atoms with van der Waals surface area (Å²) < 4.78 is -1.87. The average Bonchev–Trinajstić information content (AvgIpc) is 3.12. The Balaban J connectivity index is 1.55. The van der Waals surface area contributed by atoms with Gasteiger partial charge in [-0.1, -0.05) is 111 Å². The van der Waals surface area contributed by atoms with Crippen molar-refractivity contribution >= 4 is 49.6 Å². The second-order valence-electron chi connectivity index (χ2n) is 9.06. The van der Waals surface area contributed by atoms with Gasteiger partial charge in [-0.3, -0.25) is 14.5 Å². The van der Waals surface area contributed by atoms with Gasteiger partial charge in [-0.2, -0.15) is 0 Å². The Kier molecular flexibility index (Phi) is 4.71. The summed E-state index contributed by atoms with van der Waals surface area (Å²) in [7, 11) is 0. The summed E-state index contributed by atoms with van der Waals surface area (Å²) in [6.07, 6.45) is 0.0531. The molecule has 0 aromatic heterocycles. The molecule has 0 unspecified atom stereocenters. The van der Waals surface area contributed by atoms with E-state index in [0.29, 0.717) is 0 Å². The Labute approximate surface area is 213 Å². The number of halogens is 2. The Morgan fingerprint density at radius 2 is 1.15 bits per heavy atom. The molecule has 0 saturated carbocycles. The number of carboxylic acids is 1. The number of alkyl halides is 2. The summed E-state index contributed by atoms with van der Waals surface area (Å²) in [5, 5.41) is 10.1. The fourth-order valence-electron chi connectivity index (χ4n) is 6.12. The second kappa shape index (κ2) is 7.36. The average molecular weight is 581 g/mol. The van der Waals surface area contributed by atoms with Crippen molar-refractivity contribution in [2.45, 2.75) is 21.1 Å². The first-order valence-corrected chi connectivity index (χ1v) is 12.6. The molecule has 3 aliphatic carbocycles. The number of imide groups is 1. The van der Waals surface area contributed by atoms with Gasteiger partial charge in [0.15, 0.2) is 0 Å². The highest BCUT2D eigenvalue weighted by atomic mass is 79.9. The fraction of sp³-hybridized carbons (Fsp3) is 0.222. The first kappa shape index (κ1) is 21.7. The predicted molar refractivity (Wildman–Crippen MR) is 133 cm³/mol. The molecule has 4 aliphatic rings. The molecule has 2 bridgehead atoms. The minimum absolute atomic E-state index is 0.0531. The van der Waals surface area contributed by atoms with Crippen LogP contribution in [-0.2, 0) is 29.5 Å². The van der Waals surface area contributed by atoms with Crippen molar-refractivity contribution in [1.29, 1.82) is 0 Å². The number of nitrogens with zero attached hydrogens (tertiary/aromatic N) is 1. The molecule has 170 valence electrons. The molecule has 3 aromatic rings. The van der Waals surface area contributed by atoms with Crippen LogP contribution in [0.1, 0.15) is 27.8 Å². The van der Waals surface area contributed by atoms with E-state index in [4.69, 9.17) is 0 Å². The van der Waals surface area contributed by atoms with E-state index >= 15 is 0 Å². The largest absolute Gasteiger partial charge is 0.480 e. The van der Waals surface area contributed by atoms with Crippen molar-refractivity contribution in [2.75, 3.05) is 0 Å². The third-order valence-electron chi connectivity index (χ3n) is 7.49. The zero-order chi connectivity index (χ0) is 23.8. The van der Waals surface area contributed by atoms with Crippen LogP contribution in [0.4, 0.5) is 0 Å². The van der Waals surface area contributed by atoms with Crippen molar-refractivity contribution < 1.29 is 19.5 Å². The number of carboxylic acid groups (broad SMARTS) is 1. The van der Waals surface area contributed by atoms with Crippen molar-refractivity contribution in [1.82, 2.24) is 4.90 Å². The van der Waals surface area contributed by atoms with E-state index in [9.17, 15) is 19.5 Å². The van der Waals surface area contributed by atoms with E-state index < -0.39 is 44.3 Å². The Hall–Kier alpha value is -2.77. The number of amides is 2. The van der Waals surface area contributed by atoms with E-state index in [0.717, 1.165) is 32.7 Å². The van der Waals surface area contributed by atoms with Crippen LogP contribution in [0, 0.1) is 11.8 Å². The summed E-state index contributed by atoms with van der Waals surface area (Å²) in [5.41, 5.74) is 4.44. The van der Waals surface area contributed by atoms with E-state index in [1.165, 1.54) is 0 Å². The van der Waals surface area contributed by atoms with Crippen molar-refractivity contribution in [3.8, 4) is 0 Å². The molecule has 7 rings (SSSR count). The number of rotatable bonds is 4. The summed E-state index contributed by atoms with van der Waals surface area (Å²) in [6.45, 7) is 0. The predicted octanol–water partition coefficient (Wildman–Crippen LogP) is 4.59. The topological polar surface area (TPSA) is 74.7 Å². The van der Waals surface area contributed by atoms with Crippen LogP contribution < -0.4 is 0 Å². The van der Waals surface area contributed by atoms with Gasteiger partial charge in [0.25, 0.3) is 0 Å². The third-order valence-corrected chi connectivity index (χ3v) is 10.2. The molecule has 0 radical (unpaired) electrons. The molecule has 5 nitrogen and oxygen atoms in total. The van der Waals surface area contributed by atoms with E-state index in [1.807, 2.05) is 66.7 Å². The van der Waals surface area contributed by atoms with Gasteiger partial charge in [0.2, 0.25) is 11.8 Å². The lowest BCUT2D eigenvalue weighted by Crippen LogP contribution is -2.56. The first-order chi connectivity index (χ1) is 16.3. The minimum Gasteiger partial charge on any atom is -0.480 e. The SMILES string of the molecule is O=C(O)[C@H](Cc1ccccc1)N1C(=O)[C@@H]2[C@H](C1=O)C1(Br)c3ccccc3C2(Br)c2ccccc21. The third kappa shape index (κ3) is 2.57. The number of hydrogen-bond donors (Lipinski definition) is 1. The molecule has 3 atom stereocenters. The van der Waals surface area contributed by atoms with Gasteiger partial charge in [-0.15, -0.1) is 0 Å². The van der Waals surface area contributed by atoms with E-state index in [2.05, 4.69) is 31.9 Å². The van der Waals surface area contributed by atoms with Crippen LogP contribution in [0.2, 0.25) is 0 Å². The van der Waals surface area contributed by atoms with Gasteiger partial charge in [0.05, 0.1) is 20.5 Å². The summed E-state index contributed by atoms with van der Waals surface area (Å²) in [5.74, 6) is -3.66. The molecule has 1 fully saturated rings. The maximum Gasteiger partial charge on any atom is 0.327 e. The van der Waals surface area contributed by atoms with Crippen molar-refractivity contribution in [3.05, 3.63) is 107 Å². The Morgan fingerprint density at radius 1 is 0.765 bits per heavy atom. The van der Waals surface area contributed by atoms with Crippen LogP contribution in [0.15, 0.2) is 78.9 Å². The Morgan fingerprint density at radius 3 is 1.53 bits per heavy atom. The molecule has 3 aromatic carbocycles. The van der Waals surface area contributed by atoms with Crippen LogP contribution in [0.5, 0.6) is 0 Å². The highest BCUT2D eigenvalue weighted by Crippen LogP contribution is 2.70. The molecule has 1 aliphatic heterocycles. The summed E-state index contributed by atoms with van der Waals surface area (Å²) in [6, 6.07) is 23.4. The zero-order valence-electron chi connectivity index (χ0n) is 17.8. The lowest BCUT2D eigenvalue weighted by Gasteiger charge is -2.55. The van der Waals surface area contributed by atoms with Crippen molar-refractivity contribution in [3.63, 3.8) is 0 Å². The maximum atomic E-state index is 14.0. The van der Waals surface area contributed by atoms with Gasteiger partial charge in [0.1, 0.15) is 6.04 Å². The lowest BCUT2D eigenvalue weighted by atomic mass is 9.54. The van der Waals surface area contributed by atoms with Crippen LogP contribution >= 0.6 is 31.9 Å². The van der Waals surface area contributed by atoms with E-state index in [-0.39, 0.29) is 6.42 Å². The quantitative estimate of drug-likeness (QED) is 0.362. The van der Waals surface area contributed by atoms with Crippen molar-refractivity contribution in [2.24, 2.45) is 11.8 Å². The second-order valence-corrected chi connectivity index (χ2v) is 11.6. The van der Waals surface area contributed by atoms with Crippen LogP contribution in [0.3, 0.4) is 0 Å². The molecule has 1 heterocycles. The van der Waals surface area contributed by atoms with E-state index in [1.54, 1.807) is 12.1 Å². The molecule has 0 spiro atoms. The van der Waals surface area contributed by atoms with Gasteiger partial charge >= 0.3 is 5.97 Å². The standard InChI is InChI=1S/C27H19Br2NO4/c28-26-16-10-4-5-11-17(16)27(29,19-13-7-6-12-18(19)26)22-21(26)23(31)30(24(22)32)20(25(33)34)14-15-8-2-1-3-9-15/h1-13,20-22H,14H2,(H,33,34)/t20-,21-,22+,26?,27?/m0/s1. The summed E-state index contributed by atoms with van der Waals surface area (Å²) >= 11 is 7.88. The molecular formula is C27H19Br2NO4. The minimum atomic E-state index is -1.29. The normalized spacial score (nSPS) is 29.4. The smallest absolute Gasteiger partial charge is 0.327 e. The number of carbonyl (C=O) groups is 3. The number of likely N-dealkylation sites (tertiary alicyclic amines) is 1. The van der Waals surface area contributed by atoms with Gasteiger partial charge in [0, 0.05) is 6.42 Å². The number of aliphatic carboxylic acids is 1. The maximum absolute atomic E-state index is 14.0. The molecule has 2 amide bonds.